The molecule has 1 aliphatic rings. The standard InChI is InChI=1S/C15H19ClN4/c1-10-18-19-15(20(10)11-6-2-3-7-11)14(17)12-8-4-5-9-13(12)16/h4-5,8-9,11,14H,2-3,6-7,17H2,1H3/t14-/m1/s1. The molecule has 1 saturated carbocycles. The molecule has 2 aromatic rings. The minimum absolute atomic E-state index is 0.328. The van der Waals surface area contributed by atoms with Gasteiger partial charge in [0.15, 0.2) is 5.82 Å². The number of rotatable bonds is 3. The summed E-state index contributed by atoms with van der Waals surface area (Å²) in [7, 11) is 0. The van der Waals surface area contributed by atoms with Crippen LogP contribution in [0.1, 0.15) is 55.0 Å². The van der Waals surface area contributed by atoms with Crippen LogP contribution < -0.4 is 5.73 Å². The van der Waals surface area contributed by atoms with Gasteiger partial charge in [-0.2, -0.15) is 0 Å². The summed E-state index contributed by atoms with van der Waals surface area (Å²) in [6.45, 7) is 1.99. The maximum Gasteiger partial charge on any atom is 0.154 e. The van der Waals surface area contributed by atoms with Gasteiger partial charge in [0, 0.05) is 11.1 Å². The van der Waals surface area contributed by atoms with Crippen molar-refractivity contribution in [1.29, 1.82) is 0 Å². The van der Waals surface area contributed by atoms with Gasteiger partial charge in [0.2, 0.25) is 0 Å². The average Bonchev–Trinajstić information content (AvgIpc) is 3.07. The number of hydrogen-bond acceptors (Lipinski definition) is 3. The molecule has 0 radical (unpaired) electrons. The van der Waals surface area contributed by atoms with Crippen LogP contribution in [0.3, 0.4) is 0 Å². The van der Waals surface area contributed by atoms with Gasteiger partial charge in [-0.15, -0.1) is 10.2 Å². The molecule has 0 aliphatic heterocycles. The predicted molar refractivity (Wildman–Crippen MR) is 79.7 cm³/mol. The van der Waals surface area contributed by atoms with E-state index in [4.69, 9.17) is 17.3 Å². The van der Waals surface area contributed by atoms with Crippen LogP contribution in [-0.4, -0.2) is 14.8 Å². The Morgan fingerprint density at radius 3 is 2.65 bits per heavy atom. The number of hydrogen-bond donors (Lipinski definition) is 1. The zero-order valence-electron chi connectivity index (χ0n) is 11.6. The number of halogens is 1. The molecule has 1 aromatic carbocycles. The van der Waals surface area contributed by atoms with Crippen LogP contribution in [-0.2, 0) is 0 Å². The second-order valence-electron chi connectivity index (χ2n) is 5.41. The van der Waals surface area contributed by atoms with Crippen molar-refractivity contribution in [1.82, 2.24) is 14.8 Å². The predicted octanol–water partition coefficient (Wildman–Crippen LogP) is 3.40. The summed E-state index contributed by atoms with van der Waals surface area (Å²) in [4.78, 5) is 0. The molecule has 4 nitrogen and oxygen atoms in total. The summed E-state index contributed by atoms with van der Waals surface area (Å²) in [6, 6.07) is 7.82. The summed E-state index contributed by atoms with van der Waals surface area (Å²) in [5.74, 6) is 1.76. The second-order valence-corrected chi connectivity index (χ2v) is 5.82. The van der Waals surface area contributed by atoms with Gasteiger partial charge < -0.3 is 10.3 Å². The molecule has 5 heteroatoms. The Kier molecular flexibility index (Phi) is 3.76. The molecule has 1 atom stereocenters. The number of nitrogens with two attached hydrogens (primary N) is 1. The Morgan fingerprint density at radius 2 is 1.95 bits per heavy atom. The number of aryl methyl sites for hydroxylation is 1. The van der Waals surface area contributed by atoms with Crippen molar-refractivity contribution in [3.05, 3.63) is 46.5 Å². The monoisotopic (exact) mass is 290 g/mol. The molecule has 2 N–H and O–H groups in total. The van der Waals surface area contributed by atoms with Crippen molar-refractivity contribution in [3.63, 3.8) is 0 Å². The molecule has 3 rings (SSSR count). The van der Waals surface area contributed by atoms with Crippen LogP contribution in [0.2, 0.25) is 5.02 Å². The lowest BCUT2D eigenvalue weighted by Crippen LogP contribution is -2.21. The van der Waals surface area contributed by atoms with E-state index in [0.29, 0.717) is 11.1 Å². The normalized spacial score (nSPS) is 17.6. The second kappa shape index (κ2) is 5.54. The molecule has 1 fully saturated rings. The molecule has 0 amide bonds. The Labute approximate surface area is 124 Å². The molecule has 0 unspecified atom stereocenters. The van der Waals surface area contributed by atoms with Gasteiger partial charge in [-0.05, 0) is 31.4 Å². The first-order valence-corrected chi connectivity index (χ1v) is 7.47. The fourth-order valence-corrected chi connectivity index (χ4v) is 3.33. The average molecular weight is 291 g/mol. The van der Waals surface area contributed by atoms with E-state index in [1.165, 1.54) is 25.7 Å². The van der Waals surface area contributed by atoms with E-state index in [0.717, 1.165) is 17.2 Å². The molecule has 1 heterocycles. The number of nitrogens with zero attached hydrogens (tertiary/aromatic N) is 3. The third kappa shape index (κ3) is 2.34. The molecule has 0 spiro atoms. The highest BCUT2D eigenvalue weighted by Gasteiger charge is 2.26. The van der Waals surface area contributed by atoms with E-state index in [1.54, 1.807) is 0 Å². The Balaban J connectivity index is 2.00. The van der Waals surface area contributed by atoms with Gasteiger partial charge in [0.1, 0.15) is 5.82 Å². The third-order valence-electron chi connectivity index (χ3n) is 4.10. The van der Waals surface area contributed by atoms with Crippen molar-refractivity contribution in [3.8, 4) is 0 Å². The fourth-order valence-electron chi connectivity index (χ4n) is 3.08. The minimum Gasteiger partial charge on any atom is -0.318 e. The lowest BCUT2D eigenvalue weighted by atomic mass is 10.1. The third-order valence-corrected chi connectivity index (χ3v) is 4.45. The SMILES string of the molecule is Cc1nnc([C@H](N)c2ccccc2Cl)n1C1CCCC1. The highest BCUT2D eigenvalue weighted by atomic mass is 35.5. The zero-order chi connectivity index (χ0) is 14.1. The first-order valence-electron chi connectivity index (χ1n) is 7.10. The molecule has 1 aromatic heterocycles. The van der Waals surface area contributed by atoms with E-state index in [1.807, 2.05) is 31.2 Å². The summed E-state index contributed by atoms with van der Waals surface area (Å²) >= 11 is 6.25. The van der Waals surface area contributed by atoms with Crippen molar-refractivity contribution in [2.75, 3.05) is 0 Å². The van der Waals surface area contributed by atoms with E-state index < -0.39 is 0 Å². The summed E-state index contributed by atoms with van der Waals surface area (Å²) in [5, 5.41) is 9.21. The fraction of sp³-hybridized carbons (Fsp3) is 0.467. The molecule has 1 aliphatic carbocycles. The van der Waals surface area contributed by atoms with E-state index >= 15 is 0 Å². The van der Waals surface area contributed by atoms with Crippen molar-refractivity contribution in [2.45, 2.75) is 44.7 Å². The first kappa shape index (κ1) is 13.6. The van der Waals surface area contributed by atoms with Crippen LogP contribution in [0.25, 0.3) is 0 Å². The Hall–Kier alpha value is -1.39. The maximum atomic E-state index is 6.39. The molecule has 0 saturated heterocycles. The van der Waals surface area contributed by atoms with E-state index in [9.17, 15) is 0 Å². The molecule has 106 valence electrons. The lowest BCUT2D eigenvalue weighted by molar-refractivity contribution is 0.478. The van der Waals surface area contributed by atoms with E-state index in [2.05, 4.69) is 14.8 Å². The van der Waals surface area contributed by atoms with Crippen LogP contribution in [0.15, 0.2) is 24.3 Å². The highest BCUT2D eigenvalue weighted by Crippen LogP contribution is 2.34. The molecular formula is C15H19ClN4. The van der Waals surface area contributed by atoms with Gasteiger partial charge in [-0.3, -0.25) is 0 Å². The van der Waals surface area contributed by atoms with Gasteiger partial charge in [-0.25, -0.2) is 0 Å². The van der Waals surface area contributed by atoms with Crippen molar-refractivity contribution < 1.29 is 0 Å². The van der Waals surface area contributed by atoms with Crippen LogP contribution >= 0.6 is 11.6 Å². The largest absolute Gasteiger partial charge is 0.318 e. The summed E-state index contributed by atoms with van der Waals surface area (Å²) in [5.41, 5.74) is 7.29. The molecule has 20 heavy (non-hydrogen) atoms. The lowest BCUT2D eigenvalue weighted by Gasteiger charge is -2.20. The van der Waals surface area contributed by atoms with Gasteiger partial charge >= 0.3 is 0 Å². The summed E-state index contributed by atoms with van der Waals surface area (Å²) in [6.07, 6.45) is 4.90. The topological polar surface area (TPSA) is 56.7 Å². The minimum atomic E-state index is -0.328. The Bertz CT molecular complexity index is 602. The quantitative estimate of drug-likeness (QED) is 0.942. The van der Waals surface area contributed by atoms with Crippen molar-refractivity contribution in [2.24, 2.45) is 5.73 Å². The van der Waals surface area contributed by atoms with Crippen LogP contribution in [0.5, 0.6) is 0 Å². The smallest absolute Gasteiger partial charge is 0.154 e. The number of aromatic nitrogens is 3. The Morgan fingerprint density at radius 1 is 1.25 bits per heavy atom. The first-order chi connectivity index (χ1) is 9.68. The molecule has 0 bridgehead atoms. The summed E-state index contributed by atoms with van der Waals surface area (Å²) < 4.78 is 2.21. The maximum absolute atomic E-state index is 6.39. The van der Waals surface area contributed by atoms with Gasteiger partial charge in [0.05, 0.1) is 6.04 Å². The van der Waals surface area contributed by atoms with Gasteiger partial charge in [-0.1, -0.05) is 42.6 Å². The van der Waals surface area contributed by atoms with Crippen LogP contribution in [0, 0.1) is 6.92 Å². The number of benzene rings is 1. The van der Waals surface area contributed by atoms with Crippen molar-refractivity contribution >= 4 is 11.6 Å². The van der Waals surface area contributed by atoms with E-state index in [-0.39, 0.29) is 6.04 Å². The highest BCUT2D eigenvalue weighted by molar-refractivity contribution is 6.31. The van der Waals surface area contributed by atoms with Gasteiger partial charge in [0.25, 0.3) is 0 Å². The zero-order valence-corrected chi connectivity index (χ0v) is 12.3. The van der Waals surface area contributed by atoms with Crippen LogP contribution in [0.4, 0.5) is 0 Å². The molecular weight excluding hydrogens is 272 g/mol.